The molecular formula is C20H25N3O3. The van der Waals surface area contributed by atoms with Gasteiger partial charge >= 0.3 is 0 Å². The predicted octanol–water partition coefficient (Wildman–Crippen LogP) is 1.42. The molecule has 1 aromatic carbocycles. The van der Waals surface area contributed by atoms with Crippen molar-refractivity contribution in [2.45, 2.75) is 13.5 Å². The molecule has 2 heterocycles. The van der Waals surface area contributed by atoms with E-state index >= 15 is 0 Å². The average molecular weight is 355 g/mol. The quantitative estimate of drug-likeness (QED) is 0.814. The molecular weight excluding hydrogens is 330 g/mol. The van der Waals surface area contributed by atoms with Crippen LogP contribution in [0.4, 0.5) is 0 Å². The van der Waals surface area contributed by atoms with Gasteiger partial charge in [0.1, 0.15) is 5.75 Å². The fourth-order valence-corrected chi connectivity index (χ4v) is 3.03. The Bertz CT molecular complexity index is 806. The molecule has 1 amide bonds. The highest BCUT2D eigenvalue weighted by Gasteiger charge is 2.21. The first-order valence-corrected chi connectivity index (χ1v) is 8.86. The molecule has 1 fully saturated rings. The first kappa shape index (κ1) is 18.2. The lowest BCUT2D eigenvalue weighted by Gasteiger charge is -2.34. The minimum Gasteiger partial charge on any atom is -0.484 e. The molecule has 6 nitrogen and oxygen atoms in total. The monoisotopic (exact) mass is 355 g/mol. The van der Waals surface area contributed by atoms with Gasteiger partial charge in [-0.15, -0.1) is 0 Å². The summed E-state index contributed by atoms with van der Waals surface area (Å²) in [4.78, 5) is 27.9. The Morgan fingerprint density at radius 1 is 1.04 bits per heavy atom. The van der Waals surface area contributed by atoms with Crippen LogP contribution in [-0.4, -0.2) is 53.1 Å². The molecule has 2 aromatic rings. The number of aryl methyl sites for hydroxylation is 2. The SMILES string of the molecule is Cc1ccc(OCC(=O)N2CCN(Cc3ccc(=O)n(C)c3)CC2)cc1. The van der Waals surface area contributed by atoms with Crippen molar-refractivity contribution in [3.8, 4) is 5.75 Å². The Hall–Kier alpha value is -2.60. The van der Waals surface area contributed by atoms with E-state index in [0.29, 0.717) is 13.1 Å². The Labute approximate surface area is 153 Å². The van der Waals surface area contributed by atoms with Crippen molar-refractivity contribution in [3.05, 3.63) is 64.1 Å². The molecule has 0 saturated carbocycles. The van der Waals surface area contributed by atoms with Crippen LogP contribution in [0.5, 0.6) is 5.75 Å². The van der Waals surface area contributed by atoms with E-state index in [9.17, 15) is 9.59 Å². The zero-order valence-corrected chi connectivity index (χ0v) is 15.4. The summed E-state index contributed by atoms with van der Waals surface area (Å²) in [6.45, 7) is 5.91. The summed E-state index contributed by atoms with van der Waals surface area (Å²) in [5.41, 5.74) is 2.27. The second-order valence-corrected chi connectivity index (χ2v) is 6.75. The van der Waals surface area contributed by atoms with Crippen LogP contribution in [0.2, 0.25) is 0 Å². The lowest BCUT2D eigenvalue weighted by molar-refractivity contribution is -0.135. The first-order valence-electron chi connectivity index (χ1n) is 8.86. The zero-order chi connectivity index (χ0) is 18.5. The Morgan fingerprint density at radius 2 is 1.73 bits per heavy atom. The van der Waals surface area contributed by atoms with Crippen molar-refractivity contribution in [1.29, 1.82) is 0 Å². The van der Waals surface area contributed by atoms with Gasteiger partial charge in [-0.25, -0.2) is 0 Å². The van der Waals surface area contributed by atoms with Gasteiger partial charge in [0, 0.05) is 52.0 Å². The maximum Gasteiger partial charge on any atom is 0.260 e. The van der Waals surface area contributed by atoms with E-state index in [1.165, 1.54) is 5.56 Å². The van der Waals surface area contributed by atoms with E-state index in [-0.39, 0.29) is 18.1 Å². The number of benzene rings is 1. The number of hydrogen-bond acceptors (Lipinski definition) is 4. The van der Waals surface area contributed by atoms with Crippen LogP contribution in [0.1, 0.15) is 11.1 Å². The van der Waals surface area contributed by atoms with Crippen LogP contribution in [0.15, 0.2) is 47.4 Å². The standard InChI is InChI=1S/C20H25N3O3/c1-16-3-6-18(7-4-16)26-15-20(25)23-11-9-22(10-12-23)14-17-5-8-19(24)21(2)13-17/h3-8,13H,9-12,14-15H2,1-2H3. The van der Waals surface area contributed by atoms with Crippen LogP contribution in [-0.2, 0) is 18.4 Å². The molecule has 0 spiro atoms. The summed E-state index contributed by atoms with van der Waals surface area (Å²) < 4.78 is 7.18. The molecule has 138 valence electrons. The number of carbonyl (C=O) groups excluding carboxylic acids is 1. The highest BCUT2D eigenvalue weighted by molar-refractivity contribution is 5.77. The van der Waals surface area contributed by atoms with Crippen molar-refractivity contribution in [3.63, 3.8) is 0 Å². The largest absolute Gasteiger partial charge is 0.484 e. The molecule has 0 radical (unpaired) electrons. The van der Waals surface area contributed by atoms with Gasteiger partial charge in [0.05, 0.1) is 0 Å². The molecule has 1 saturated heterocycles. The van der Waals surface area contributed by atoms with Crippen LogP contribution in [0, 0.1) is 6.92 Å². The number of rotatable bonds is 5. The molecule has 3 rings (SSSR count). The van der Waals surface area contributed by atoms with Gasteiger partial charge in [0.2, 0.25) is 5.56 Å². The van der Waals surface area contributed by atoms with Crippen molar-refractivity contribution in [2.75, 3.05) is 32.8 Å². The van der Waals surface area contributed by atoms with E-state index in [1.54, 1.807) is 17.7 Å². The lowest BCUT2D eigenvalue weighted by atomic mass is 10.2. The van der Waals surface area contributed by atoms with Gasteiger partial charge in [0.15, 0.2) is 6.61 Å². The summed E-state index contributed by atoms with van der Waals surface area (Å²) in [5.74, 6) is 0.740. The number of hydrogen-bond donors (Lipinski definition) is 0. The van der Waals surface area contributed by atoms with Crippen LogP contribution in [0.3, 0.4) is 0 Å². The maximum absolute atomic E-state index is 12.3. The Balaban J connectivity index is 1.45. The molecule has 0 unspecified atom stereocenters. The number of carbonyl (C=O) groups is 1. The topological polar surface area (TPSA) is 54.8 Å². The smallest absolute Gasteiger partial charge is 0.260 e. The van der Waals surface area contributed by atoms with E-state index in [0.717, 1.165) is 30.9 Å². The molecule has 6 heteroatoms. The summed E-state index contributed by atoms with van der Waals surface area (Å²) in [6, 6.07) is 11.2. The molecule has 1 aliphatic heterocycles. The maximum atomic E-state index is 12.3. The fourth-order valence-electron chi connectivity index (χ4n) is 3.03. The molecule has 1 aromatic heterocycles. The average Bonchev–Trinajstić information content (AvgIpc) is 2.65. The highest BCUT2D eigenvalue weighted by atomic mass is 16.5. The molecule has 26 heavy (non-hydrogen) atoms. The van der Waals surface area contributed by atoms with Crippen LogP contribution < -0.4 is 10.3 Å². The summed E-state index contributed by atoms with van der Waals surface area (Å²) in [5, 5.41) is 0. The predicted molar refractivity (Wildman–Crippen MR) is 100 cm³/mol. The van der Waals surface area contributed by atoms with Crippen LogP contribution >= 0.6 is 0 Å². The van der Waals surface area contributed by atoms with E-state index in [1.807, 2.05) is 48.4 Å². The van der Waals surface area contributed by atoms with Gasteiger partial charge in [-0.2, -0.15) is 0 Å². The summed E-state index contributed by atoms with van der Waals surface area (Å²) >= 11 is 0. The number of ether oxygens (including phenoxy) is 1. The molecule has 0 bridgehead atoms. The van der Waals surface area contributed by atoms with E-state index in [4.69, 9.17) is 4.74 Å². The number of amides is 1. The van der Waals surface area contributed by atoms with Crippen LogP contribution in [0.25, 0.3) is 0 Å². The number of aromatic nitrogens is 1. The number of pyridine rings is 1. The van der Waals surface area contributed by atoms with Gasteiger partial charge in [-0.3, -0.25) is 14.5 Å². The minimum atomic E-state index is -0.00209. The molecule has 0 atom stereocenters. The Kier molecular flexibility index (Phi) is 5.73. The third-order valence-electron chi connectivity index (χ3n) is 4.66. The number of piperazine rings is 1. The van der Waals surface area contributed by atoms with Crippen molar-refractivity contribution < 1.29 is 9.53 Å². The third-order valence-corrected chi connectivity index (χ3v) is 4.66. The Morgan fingerprint density at radius 3 is 2.38 bits per heavy atom. The highest BCUT2D eigenvalue weighted by Crippen LogP contribution is 2.12. The third kappa shape index (κ3) is 4.73. The molecule has 0 aliphatic carbocycles. The lowest BCUT2D eigenvalue weighted by Crippen LogP contribution is -2.49. The fraction of sp³-hybridized carbons (Fsp3) is 0.400. The normalized spacial score (nSPS) is 15.1. The first-order chi connectivity index (χ1) is 12.5. The number of nitrogens with zero attached hydrogens (tertiary/aromatic N) is 3. The second kappa shape index (κ2) is 8.19. The van der Waals surface area contributed by atoms with Gasteiger partial charge < -0.3 is 14.2 Å². The van der Waals surface area contributed by atoms with E-state index in [2.05, 4.69) is 4.90 Å². The second-order valence-electron chi connectivity index (χ2n) is 6.75. The molecule has 0 N–H and O–H groups in total. The van der Waals surface area contributed by atoms with Gasteiger partial charge in [0.25, 0.3) is 5.91 Å². The zero-order valence-electron chi connectivity index (χ0n) is 15.4. The summed E-state index contributed by atoms with van der Waals surface area (Å²) in [6.07, 6.45) is 1.87. The van der Waals surface area contributed by atoms with Gasteiger partial charge in [-0.1, -0.05) is 23.8 Å². The summed E-state index contributed by atoms with van der Waals surface area (Å²) in [7, 11) is 1.76. The van der Waals surface area contributed by atoms with Crippen molar-refractivity contribution in [1.82, 2.24) is 14.4 Å². The van der Waals surface area contributed by atoms with E-state index < -0.39 is 0 Å². The van der Waals surface area contributed by atoms with Gasteiger partial charge in [-0.05, 0) is 24.6 Å². The molecule has 1 aliphatic rings. The van der Waals surface area contributed by atoms with Crippen molar-refractivity contribution >= 4 is 5.91 Å². The minimum absolute atomic E-state index is 0.00209. The van der Waals surface area contributed by atoms with Crippen molar-refractivity contribution in [2.24, 2.45) is 7.05 Å².